The molecule has 0 spiro atoms. The highest BCUT2D eigenvalue weighted by Gasteiger charge is 2.63. The summed E-state index contributed by atoms with van der Waals surface area (Å²) < 4.78 is 16.7. The molecule has 5 rings (SSSR count). The Labute approximate surface area is 194 Å². The van der Waals surface area contributed by atoms with Crippen molar-refractivity contribution in [1.82, 2.24) is 4.98 Å². The molecule has 3 heterocycles. The number of aliphatic hydroxyl groups excluding tert-OH is 2. The molecule has 0 amide bonds. The summed E-state index contributed by atoms with van der Waals surface area (Å²) >= 11 is 0. The van der Waals surface area contributed by atoms with E-state index in [1.54, 1.807) is 26.8 Å². The number of rotatable bonds is 3. The van der Waals surface area contributed by atoms with Gasteiger partial charge in [0.15, 0.2) is 28.3 Å². The van der Waals surface area contributed by atoms with Gasteiger partial charge in [-0.3, -0.25) is 14.6 Å². The summed E-state index contributed by atoms with van der Waals surface area (Å²) in [5.74, 6) is -1.52. The molecule has 1 unspecified atom stereocenters. The van der Waals surface area contributed by atoms with E-state index in [0.29, 0.717) is 17.7 Å². The molecule has 1 aliphatic carbocycles. The van der Waals surface area contributed by atoms with Crippen LogP contribution >= 0.6 is 0 Å². The normalized spacial score (nSPS) is 29.7. The number of ether oxygens (including phenoxy) is 3. The van der Waals surface area contributed by atoms with Gasteiger partial charge in [0.05, 0.1) is 29.0 Å². The average Bonchev–Trinajstić information content (AvgIpc) is 3.20. The van der Waals surface area contributed by atoms with Crippen LogP contribution in [0.4, 0.5) is 0 Å². The summed E-state index contributed by atoms with van der Waals surface area (Å²) in [5.41, 5.74) is -2.62. The number of hydrogen-bond acceptors (Lipinski definition) is 10. The number of aliphatic hydroxyl groups is 3. The molecule has 2 aliphatic heterocycles. The van der Waals surface area contributed by atoms with Crippen LogP contribution in [0.5, 0.6) is 11.5 Å². The van der Waals surface area contributed by atoms with Crippen molar-refractivity contribution in [3.63, 3.8) is 0 Å². The molecule has 6 atom stereocenters. The number of ketones is 1. The van der Waals surface area contributed by atoms with E-state index in [0.717, 1.165) is 6.07 Å². The molecule has 3 aliphatic rings. The Bertz CT molecular complexity index is 1290. The molecule has 34 heavy (non-hydrogen) atoms. The van der Waals surface area contributed by atoms with Crippen molar-refractivity contribution in [2.24, 2.45) is 0 Å². The maximum atomic E-state index is 13.4. The van der Waals surface area contributed by atoms with Gasteiger partial charge >= 0.3 is 0 Å². The molecule has 0 radical (unpaired) electrons. The summed E-state index contributed by atoms with van der Waals surface area (Å²) in [4.78, 5) is 31.1. The van der Waals surface area contributed by atoms with Crippen molar-refractivity contribution < 1.29 is 39.4 Å². The number of aromatic hydroxyl groups is 1. The highest BCUT2D eigenvalue weighted by molar-refractivity contribution is 6.23. The van der Waals surface area contributed by atoms with E-state index < -0.39 is 58.8 Å². The van der Waals surface area contributed by atoms with Crippen molar-refractivity contribution in [3.05, 3.63) is 50.4 Å². The number of nitrogens with zero attached hydrogens (tertiary/aromatic N) is 1. The minimum atomic E-state index is -2.34. The first-order chi connectivity index (χ1) is 16.1. The first kappa shape index (κ1) is 22.9. The molecule has 1 fully saturated rings. The first-order valence-electron chi connectivity index (χ1n) is 11.0. The largest absolute Gasteiger partial charge is 0.504 e. The Morgan fingerprint density at radius 1 is 1.24 bits per heavy atom. The quantitative estimate of drug-likeness (QED) is 0.431. The molecular formula is C24H25NO9. The Morgan fingerprint density at radius 2 is 1.94 bits per heavy atom. The van der Waals surface area contributed by atoms with Gasteiger partial charge in [0.1, 0.15) is 12.2 Å². The number of pyridine rings is 1. The predicted molar refractivity (Wildman–Crippen MR) is 117 cm³/mol. The topological polar surface area (TPSA) is 156 Å². The van der Waals surface area contributed by atoms with Gasteiger partial charge in [-0.05, 0) is 32.4 Å². The lowest BCUT2D eigenvalue weighted by molar-refractivity contribution is -0.310. The summed E-state index contributed by atoms with van der Waals surface area (Å²) in [7, 11) is 1.33. The highest BCUT2D eigenvalue weighted by Crippen LogP contribution is 2.54. The van der Waals surface area contributed by atoms with Gasteiger partial charge in [-0.2, -0.15) is 0 Å². The van der Waals surface area contributed by atoms with E-state index >= 15 is 0 Å². The number of hydrogen-bond donors (Lipinski definition) is 4. The zero-order valence-electron chi connectivity index (χ0n) is 19.0. The molecule has 0 bridgehead atoms. The highest BCUT2D eigenvalue weighted by atomic mass is 16.7. The van der Waals surface area contributed by atoms with Crippen molar-refractivity contribution in [1.29, 1.82) is 0 Å². The molecule has 1 aromatic carbocycles. The van der Waals surface area contributed by atoms with Crippen LogP contribution in [0.2, 0.25) is 0 Å². The molecule has 180 valence electrons. The van der Waals surface area contributed by atoms with Crippen LogP contribution in [0.3, 0.4) is 0 Å². The van der Waals surface area contributed by atoms with E-state index in [2.05, 4.69) is 4.98 Å². The van der Waals surface area contributed by atoms with Gasteiger partial charge in [-0.25, -0.2) is 0 Å². The Morgan fingerprint density at radius 3 is 2.59 bits per heavy atom. The fourth-order valence-electron chi connectivity index (χ4n) is 5.23. The Kier molecular flexibility index (Phi) is 5.08. The number of fused-ring (bicyclic) bond motifs is 6. The van der Waals surface area contributed by atoms with Crippen molar-refractivity contribution in [2.75, 3.05) is 7.11 Å². The Hall–Kier alpha value is -2.89. The van der Waals surface area contributed by atoms with Crippen LogP contribution in [0.25, 0.3) is 11.1 Å². The second-order valence-electron chi connectivity index (χ2n) is 8.94. The van der Waals surface area contributed by atoms with Crippen LogP contribution in [0.15, 0.2) is 16.9 Å². The summed E-state index contributed by atoms with van der Waals surface area (Å²) in [6.45, 7) is 5.04. The van der Waals surface area contributed by atoms with Crippen LogP contribution in [0.1, 0.15) is 59.2 Å². The minimum Gasteiger partial charge on any atom is -0.504 e. The lowest BCUT2D eigenvalue weighted by Crippen LogP contribution is -2.63. The fourth-order valence-corrected chi connectivity index (χ4v) is 5.23. The third-order valence-electron chi connectivity index (χ3n) is 6.91. The maximum absolute atomic E-state index is 13.4. The fraction of sp³-hybridized carbons (Fsp3) is 0.458. The average molecular weight is 471 g/mol. The number of aromatic nitrogens is 1. The van der Waals surface area contributed by atoms with Gasteiger partial charge in [0.2, 0.25) is 6.29 Å². The van der Waals surface area contributed by atoms with Gasteiger partial charge in [-0.15, -0.1) is 0 Å². The van der Waals surface area contributed by atoms with Crippen molar-refractivity contribution in [2.45, 2.75) is 63.5 Å². The van der Waals surface area contributed by atoms with E-state index in [1.807, 2.05) is 0 Å². The number of aryl methyl sites for hydroxylation is 1. The van der Waals surface area contributed by atoms with Gasteiger partial charge in [0, 0.05) is 29.5 Å². The summed E-state index contributed by atoms with van der Waals surface area (Å²) in [5, 5.41) is 44.2. The van der Waals surface area contributed by atoms with Gasteiger partial charge in [-0.1, -0.05) is 6.92 Å². The smallest absolute Gasteiger partial charge is 0.236 e. The van der Waals surface area contributed by atoms with Crippen molar-refractivity contribution >= 4 is 5.78 Å². The molecule has 10 heteroatoms. The van der Waals surface area contributed by atoms with E-state index in [9.17, 15) is 30.0 Å². The lowest BCUT2D eigenvalue weighted by Gasteiger charge is -2.44. The maximum Gasteiger partial charge on any atom is 0.236 e. The van der Waals surface area contributed by atoms with Crippen LogP contribution in [-0.2, 0) is 15.1 Å². The molecule has 0 saturated carbocycles. The van der Waals surface area contributed by atoms with Crippen molar-refractivity contribution in [3.8, 4) is 22.6 Å². The van der Waals surface area contributed by atoms with Crippen LogP contribution in [0, 0.1) is 6.92 Å². The zero-order chi connectivity index (χ0) is 24.7. The Balaban J connectivity index is 1.81. The number of carbonyl (C=O) groups is 1. The number of methoxy groups -OCH3 is 1. The molecule has 2 aromatic rings. The summed E-state index contributed by atoms with van der Waals surface area (Å²) in [6.07, 6.45) is -5.48. The zero-order valence-corrected chi connectivity index (χ0v) is 19.0. The first-order valence-corrected chi connectivity index (χ1v) is 11.0. The SMILES string of the molecule is CCC(O)c1nc(C)cc2c1C(=O)c1cc(=O)c3c(c(O)c1-2)O[C@H]1O[C@H](C)[C@@H](OC)[C@@H](O)[C@]31O. The van der Waals surface area contributed by atoms with E-state index in [1.165, 1.54) is 7.11 Å². The lowest BCUT2D eigenvalue weighted by atomic mass is 9.82. The molecule has 10 nitrogen and oxygen atoms in total. The van der Waals surface area contributed by atoms with Crippen LogP contribution < -0.4 is 10.2 Å². The second-order valence-corrected chi connectivity index (χ2v) is 8.94. The standard InChI is InChI=1S/C24H25NO9/c1-5-12(26)17-15-10(6-8(2)25-17)14-11(18(15)28)7-13(27)16-21(19(14)29)34-23-24(16,31)22(30)20(32-4)9(3)33-23/h6-7,9,12,20,22-23,26,29-31H,5H2,1-4H3/t9-,12?,20-,22-,23-,24-/m1/s1. The predicted octanol–water partition coefficient (Wildman–Crippen LogP) is 0.811. The van der Waals surface area contributed by atoms with Gasteiger partial charge < -0.3 is 34.6 Å². The molecule has 1 aromatic heterocycles. The van der Waals surface area contributed by atoms with E-state index in [4.69, 9.17) is 14.2 Å². The molecule has 4 N–H and O–H groups in total. The monoisotopic (exact) mass is 471 g/mol. The molecular weight excluding hydrogens is 446 g/mol. The third kappa shape index (κ3) is 2.77. The minimum absolute atomic E-state index is 0.0291. The second kappa shape index (κ2) is 7.56. The van der Waals surface area contributed by atoms with Crippen LogP contribution in [-0.4, -0.2) is 62.9 Å². The summed E-state index contributed by atoms with van der Waals surface area (Å²) in [6, 6.07) is 2.58. The number of carbonyl (C=O) groups excluding carboxylic acids is 1. The van der Waals surface area contributed by atoms with Gasteiger partial charge in [0.25, 0.3) is 0 Å². The molecule has 1 saturated heterocycles. The van der Waals surface area contributed by atoms with E-state index in [-0.39, 0.29) is 28.1 Å². The third-order valence-corrected chi connectivity index (χ3v) is 6.91.